The zero-order chi connectivity index (χ0) is 19.3. The third-order valence-corrected chi connectivity index (χ3v) is 7.07. The largest absolute Gasteiger partial charge is 1.00 e. The van der Waals surface area contributed by atoms with Crippen molar-refractivity contribution in [1.29, 1.82) is 0 Å². The Morgan fingerprint density at radius 1 is 0.577 bits per heavy atom. The van der Waals surface area contributed by atoms with E-state index in [9.17, 15) is 4.89 Å². The van der Waals surface area contributed by atoms with Crippen LogP contribution in [0.25, 0.3) is 0 Å². The van der Waals surface area contributed by atoms with E-state index in [2.05, 4.69) is 9.05 Å². The molecule has 154 valence electrons. The van der Waals surface area contributed by atoms with Gasteiger partial charge in [0.1, 0.15) is 0 Å². The van der Waals surface area contributed by atoms with E-state index < -0.39 is 41.4 Å². The van der Waals surface area contributed by atoms with Gasteiger partial charge in [0.2, 0.25) is 0 Å². The summed E-state index contributed by atoms with van der Waals surface area (Å²) in [5, 5.41) is 0. The summed E-state index contributed by atoms with van der Waals surface area (Å²) in [6.07, 6.45) is 0. The normalized spacial score (nSPS) is 10.8. The molecule has 0 atom stereocenters. The molecular weight excluding hydrogens is 483 g/mol. The second-order valence-electron chi connectivity index (χ2n) is 3.39. The zero-order valence-corrected chi connectivity index (χ0v) is 23.1. The average molecular weight is 513 g/mol. The summed E-state index contributed by atoms with van der Waals surface area (Å²) in [6, 6.07) is 0. The second kappa shape index (κ2) is 27.4. The van der Waals surface area contributed by atoms with Crippen LogP contribution in [0.15, 0.2) is 0 Å². The van der Waals surface area contributed by atoms with Crippen molar-refractivity contribution in [2.75, 3.05) is 39.6 Å². The van der Waals surface area contributed by atoms with Crippen LogP contribution in [0.3, 0.4) is 0 Å². The fraction of sp³-hybridized carbons (Fsp3) is 1.00. The molecule has 0 fully saturated rings. The van der Waals surface area contributed by atoms with Crippen LogP contribution in [0.4, 0.5) is 0 Å². The van der Waals surface area contributed by atoms with Crippen molar-refractivity contribution in [2.45, 2.75) is 41.5 Å². The fourth-order valence-corrected chi connectivity index (χ4v) is 4.99. The van der Waals surface area contributed by atoms with Crippen molar-refractivity contribution in [3.63, 3.8) is 0 Å². The quantitative estimate of drug-likeness (QED) is 0.220. The molecule has 0 N–H and O–H groups in total. The van der Waals surface area contributed by atoms with Gasteiger partial charge in [0.05, 0.1) is 8.60 Å². The average Bonchev–Trinajstić information content (AvgIpc) is 2.57. The molecule has 0 spiro atoms. The fourth-order valence-electron chi connectivity index (χ4n) is 0.894. The van der Waals surface area contributed by atoms with Crippen LogP contribution in [-0.2, 0) is 34.4 Å². The molecule has 0 saturated carbocycles. The SMILES string of the molecule is CCOP(OCC)O[Se]OP(OCC)OCC.CCOP([O-])OCC.[Na+]. The first-order chi connectivity index (χ1) is 12.1. The van der Waals surface area contributed by atoms with Crippen molar-refractivity contribution in [3.8, 4) is 0 Å². The standard InChI is InChI=1S/C8H20O6P2Se.C4H10O3P.Na/c1-5-9-15(10-6-2)13-17-14-16(11-7-3)12-8-4;1-3-6-8(5)7-4-2;/h5-8H2,1-4H3;3-4H2,1-2H3;/q;-1;+1. The van der Waals surface area contributed by atoms with E-state index in [0.29, 0.717) is 39.6 Å². The van der Waals surface area contributed by atoms with Crippen molar-refractivity contribution in [2.24, 2.45) is 0 Å². The van der Waals surface area contributed by atoms with Gasteiger partial charge in [-0.3, -0.25) is 0 Å². The van der Waals surface area contributed by atoms with Gasteiger partial charge in [-0.05, 0) is 13.8 Å². The number of rotatable bonds is 16. The summed E-state index contributed by atoms with van der Waals surface area (Å²) in [4.78, 5) is 10.3. The van der Waals surface area contributed by atoms with Gasteiger partial charge >= 0.3 is 142 Å². The van der Waals surface area contributed by atoms with Gasteiger partial charge in [-0.1, -0.05) is 0 Å². The first kappa shape index (κ1) is 33.1. The van der Waals surface area contributed by atoms with Crippen LogP contribution in [0.5, 0.6) is 0 Å². The molecule has 0 aliphatic carbocycles. The molecule has 0 heterocycles. The van der Waals surface area contributed by atoms with Gasteiger partial charge in [0.25, 0.3) is 0 Å². The maximum absolute atomic E-state index is 10.3. The molecule has 14 heteroatoms. The van der Waals surface area contributed by atoms with Gasteiger partial charge < -0.3 is 13.9 Å². The van der Waals surface area contributed by atoms with E-state index in [-0.39, 0.29) is 29.6 Å². The Morgan fingerprint density at radius 3 is 1.08 bits per heavy atom. The molecule has 26 heavy (non-hydrogen) atoms. The van der Waals surface area contributed by atoms with Crippen LogP contribution in [0.2, 0.25) is 0 Å². The monoisotopic (exact) mass is 514 g/mol. The molecule has 9 nitrogen and oxygen atoms in total. The Labute approximate surface area is 190 Å². The van der Waals surface area contributed by atoms with Gasteiger partial charge in [0.15, 0.2) is 0 Å². The molecule has 0 aliphatic rings. The van der Waals surface area contributed by atoms with Crippen LogP contribution in [-0.4, -0.2) is 55.3 Å². The van der Waals surface area contributed by atoms with Crippen LogP contribution < -0.4 is 34.5 Å². The zero-order valence-electron chi connectivity index (χ0n) is 16.7. The van der Waals surface area contributed by atoms with E-state index in [4.69, 9.17) is 25.3 Å². The summed E-state index contributed by atoms with van der Waals surface area (Å²) in [6.45, 7) is 14.2. The first-order valence-corrected chi connectivity index (χ1v) is 12.6. The summed E-state index contributed by atoms with van der Waals surface area (Å²) in [5.41, 5.74) is 0. The molecule has 0 saturated heterocycles. The van der Waals surface area contributed by atoms with E-state index in [1.165, 1.54) is 0 Å². The van der Waals surface area contributed by atoms with E-state index in [1.807, 2.05) is 27.7 Å². The maximum Gasteiger partial charge on any atom is 1.00 e. The second-order valence-corrected chi connectivity index (χ2v) is 8.75. The smallest absolute Gasteiger partial charge is 0.786 e. The van der Waals surface area contributed by atoms with Crippen molar-refractivity contribution >= 4 is 41.4 Å². The molecule has 0 radical (unpaired) electrons. The summed E-state index contributed by atoms with van der Waals surface area (Å²) in [5.74, 6) is 0. The van der Waals surface area contributed by atoms with E-state index in [1.54, 1.807) is 13.8 Å². The Kier molecular flexibility index (Phi) is 34.9. The van der Waals surface area contributed by atoms with Gasteiger partial charge in [-0.15, -0.1) is 0 Å². The molecule has 0 aliphatic heterocycles. The Bertz CT molecular complexity index is 232. The first-order valence-electron chi connectivity index (χ1n) is 7.95. The Morgan fingerprint density at radius 2 is 0.846 bits per heavy atom. The molecule has 0 unspecified atom stereocenters. The minimum Gasteiger partial charge on any atom is -0.786 e. The molecule has 0 bridgehead atoms. The van der Waals surface area contributed by atoms with Crippen LogP contribution >= 0.6 is 25.8 Å². The van der Waals surface area contributed by atoms with Crippen LogP contribution in [0, 0.1) is 0 Å². The predicted molar refractivity (Wildman–Crippen MR) is 98.4 cm³/mol. The van der Waals surface area contributed by atoms with Crippen molar-refractivity contribution in [3.05, 3.63) is 0 Å². The van der Waals surface area contributed by atoms with Crippen molar-refractivity contribution < 1.29 is 68.8 Å². The summed E-state index contributed by atoms with van der Waals surface area (Å²) in [7, 11) is -4.45. The molecule has 0 aromatic rings. The maximum atomic E-state index is 10.3. The third-order valence-electron chi connectivity index (χ3n) is 1.59. The minimum absolute atomic E-state index is 0. The number of hydrogen-bond acceptors (Lipinski definition) is 9. The molecule has 0 aromatic heterocycles. The minimum atomic E-state index is -1.83. The summed E-state index contributed by atoms with van der Waals surface area (Å²) >= 11 is -0.522. The molecule has 0 amide bonds. The third kappa shape index (κ3) is 24.5. The van der Waals surface area contributed by atoms with E-state index >= 15 is 0 Å². The van der Waals surface area contributed by atoms with Gasteiger partial charge in [-0.25, -0.2) is 0 Å². The van der Waals surface area contributed by atoms with Gasteiger partial charge in [-0.2, -0.15) is 0 Å². The van der Waals surface area contributed by atoms with Gasteiger partial charge in [0, 0.05) is 13.2 Å². The Balaban J connectivity index is -0.000000498. The van der Waals surface area contributed by atoms with Crippen molar-refractivity contribution in [1.82, 2.24) is 0 Å². The van der Waals surface area contributed by atoms with Crippen LogP contribution in [0.1, 0.15) is 41.5 Å². The Hall–Kier alpha value is 2.45. The number of hydrogen-bond donors (Lipinski definition) is 0. The summed E-state index contributed by atoms with van der Waals surface area (Å²) < 4.78 is 40.9. The topological polar surface area (TPSA) is 96.9 Å². The predicted octanol–water partition coefficient (Wildman–Crippen LogP) is 0.804. The molecular formula is C12H30NaO9P3Se. The molecule has 0 rings (SSSR count). The molecule has 0 aromatic carbocycles. The van der Waals surface area contributed by atoms with E-state index in [0.717, 1.165) is 0 Å².